The number of aryl methyl sites for hydroxylation is 1. The van der Waals surface area contributed by atoms with Crippen LogP contribution in [0.5, 0.6) is 11.5 Å². The number of nitrogens with two attached hydrogens (primary N) is 1. The third kappa shape index (κ3) is 9.77. The molecule has 19 heteroatoms. The number of rotatable bonds is 18. The molecule has 4 aromatic rings. The first-order valence-electron chi connectivity index (χ1n) is 20.6. The molecule has 3 aliphatic rings. The number of anilines is 3. The number of alkyl halides is 3. The van der Waals surface area contributed by atoms with Crippen LogP contribution in [0.1, 0.15) is 89.2 Å². The first kappa shape index (κ1) is 44.6. The second-order valence-electron chi connectivity index (χ2n) is 16.2. The molecule has 63 heavy (non-hydrogen) atoms. The fraction of sp³-hybridized carbons (Fsp3) is 0.432. The lowest BCUT2D eigenvalue weighted by atomic mass is 9.89. The van der Waals surface area contributed by atoms with E-state index in [4.69, 9.17) is 19.9 Å². The highest BCUT2D eigenvalue weighted by Crippen LogP contribution is 2.52. The van der Waals surface area contributed by atoms with E-state index >= 15 is 0 Å². The molecule has 3 heterocycles. The number of ether oxygens (including phenoxy) is 3. The maximum Gasteiger partial charge on any atom is 0.416 e. The van der Waals surface area contributed by atoms with Crippen LogP contribution in [0, 0.1) is 18.3 Å². The van der Waals surface area contributed by atoms with E-state index < -0.39 is 47.5 Å². The minimum Gasteiger partial charge on any atom is -0.493 e. The minimum atomic E-state index is -4.57. The predicted octanol–water partition coefficient (Wildman–Crippen LogP) is 5.55. The lowest BCUT2D eigenvalue weighted by Crippen LogP contribution is -2.54. The van der Waals surface area contributed by atoms with E-state index in [1.807, 2.05) is 0 Å². The van der Waals surface area contributed by atoms with Gasteiger partial charge in [-0.3, -0.25) is 34.2 Å². The Balaban J connectivity index is 0.954. The molecule has 1 saturated carbocycles. The van der Waals surface area contributed by atoms with Crippen molar-refractivity contribution >= 4 is 57.6 Å². The third-order valence-corrected chi connectivity index (χ3v) is 11.7. The zero-order valence-corrected chi connectivity index (χ0v) is 35.2. The number of methoxy groups -OCH3 is 1. The van der Waals surface area contributed by atoms with Crippen LogP contribution in [0.15, 0.2) is 48.5 Å². The van der Waals surface area contributed by atoms with E-state index in [0.717, 1.165) is 29.9 Å². The van der Waals surface area contributed by atoms with Crippen LogP contribution in [0.25, 0.3) is 10.9 Å². The van der Waals surface area contributed by atoms with Crippen molar-refractivity contribution < 1.29 is 51.4 Å². The molecule has 6 N–H and O–H groups in total. The molecular formula is C44H49F3N8O8. The van der Waals surface area contributed by atoms with Gasteiger partial charge in [0.05, 0.1) is 48.6 Å². The molecule has 1 aromatic heterocycles. The molecule has 7 rings (SSSR count). The van der Waals surface area contributed by atoms with Crippen molar-refractivity contribution in [3.63, 3.8) is 0 Å². The van der Waals surface area contributed by atoms with E-state index in [-0.39, 0.29) is 73.3 Å². The fourth-order valence-electron chi connectivity index (χ4n) is 8.13. The summed E-state index contributed by atoms with van der Waals surface area (Å²) in [6.07, 6.45) is -1.86. The van der Waals surface area contributed by atoms with Crippen LogP contribution in [0.4, 0.5) is 30.4 Å². The molecule has 2 fully saturated rings. The standard InChI is InChI=1S/C44H49F3N8O8/c1-23(26-16-27(44(45,46)47)18-28(48)17-26)51-38-30-19-35(34(61-4)20-32(30)52-24(2)53-38)63-22-43(11-12-43)21-25(39(57)49-3)10-14-62-15-13-50-31-7-5-6-29-37(31)42(60)55(41(29)59)33-8-9-36(56)54-40(33)58/h5-7,16-20,23,25,33,50H,8-15,21-22,48H2,1-4H3,(H,49,57)(H,51,52,53)(H,54,56,58). The highest BCUT2D eigenvalue weighted by Gasteiger charge is 2.47. The Kier molecular flexibility index (Phi) is 12.8. The summed E-state index contributed by atoms with van der Waals surface area (Å²) in [7, 11) is 3.09. The van der Waals surface area contributed by atoms with E-state index in [1.165, 1.54) is 19.2 Å². The molecule has 3 atom stereocenters. The minimum absolute atomic E-state index is 0.0133. The molecule has 1 saturated heterocycles. The molecule has 3 aromatic carbocycles. The van der Waals surface area contributed by atoms with Crippen molar-refractivity contribution in [2.75, 3.05) is 56.9 Å². The van der Waals surface area contributed by atoms with Crippen molar-refractivity contribution in [1.29, 1.82) is 0 Å². The Morgan fingerprint density at radius 3 is 2.52 bits per heavy atom. The lowest BCUT2D eigenvalue weighted by molar-refractivity contribution is -0.138. The van der Waals surface area contributed by atoms with Crippen LogP contribution < -0.4 is 36.5 Å². The zero-order valence-electron chi connectivity index (χ0n) is 35.2. The second kappa shape index (κ2) is 18.1. The largest absolute Gasteiger partial charge is 0.493 e. The number of carbonyl (C=O) groups is 5. The number of nitrogens with one attached hydrogen (secondary N) is 4. The smallest absolute Gasteiger partial charge is 0.416 e. The van der Waals surface area contributed by atoms with Gasteiger partial charge < -0.3 is 35.9 Å². The Morgan fingerprint density at radius 2 is 1.83 bits per heavy atom. The van der Waals surface area contributed by atoms with Crippen LogP contribution >= 0.6 is 0 Å². The van der Waals surface area contributed by atoms with Gasteiger partial charge in [-0.25, -0.2) is 9.97 Å². The highest BCUT2D eigenvalue weighted by atomic mass is 19.4. The first-order chi connectivity index (χ1) is 30.0. The van der Waals surface area contributed by atoms with Gasteiger partial charge in [0, 0.05) is 60.8 Å². The van der Waals surface area contributed by atoms with Gasteiger partial charge in [0.15, 0.2) is 11.5 Å². The zero-order chi connectivity index (χ0) is 45.2. The van der Waals surface area contributed by atoms with Crippen molar-refractivity contribution in [2.24, 2.45) is 11.3 Å². The van der Waals surface area contributed by atoms with E-state index in [2.05, 4.69) is 31.2 Å². The van der Waals surface area contributed by atoms with Gasteiger partial charge in [-0.15, -0.1) is 0 Å². The molecule has 334 valence electrons. The number of nitrogen functional groups attached to an aromatic ring is 1. The summed E-state index contributed by atoms with van der Waals surface area (Å²) >= 11 is 0. The number of imide groups is 2. The van der Waals surface area contributed by atoms with Crippen LogP contribution in [-0.2, 0) is 25.3 Å². The monoisotopic (exact) mass is 874 g/mol. The molecule has 2 aliphatic heterocycles. The van der Waals surface area contributed by atoms with Gasteiger partial charge in [-0.2, -0.15) is 13.2 Å². The number of piperidine rings is 1. The first-order valence-corrected chi connectivity index (χ1v) is 20.6. The maximum atomic E-state index is 13.6. The quantitative estimate of drug-likeness (QED) is 0.0472. The summed E-state index contributed by atoms with van der Waals surface area (Å²) in [5.74, 6) is -1.20. The average molecular weight is 875 g/mol. The van der Waals surface area contributed by atoms with Gasteiger partial charge >= 0.3 is 6.18 Å². The van der Waals surface area contributed by atoms with Crippen molar-refractivity contribution in [2.45, 2.75) is 70.6 Å². The third-order valence-electron chi connectivity index (χ3n) is 11.7. The molecule has 0 spiro atoms. The summed E-state index contributed by atoms with van der Waals surface area (Å²) in [4.78, 5) is 73.8. The van der Waals surface area contributed by atoms with Gasteiger partial charge in [0.1, 0.15) is 17.7 Å². The number of carbonyl (C=O) groups excluding carboxylic acids is 5. The normalized spacial score (nSPS) is 17.8. The van der Waals surface area contributed by atoms with Crippen molar-refractivity contribution in [3.05, 3.63) is 76.6 Å². The van der Waals surface area contributed by atoms with Gasteiger partial charge in [0.2, 0.25) is 17.7 Å². The topological polar surface area (TPSA) is 216 Å². The number of hydrogen-bond acceptors (Lipinski definition) is 13. The van der Waals surface area contributed by atoms with Gasteiger partial charge in [0.25, 0.3) is 11.8 Å². The Bertz CT molecular complexity index is 2460. The second-order valence-corrected chi connectivity index (χ2v) is 16.2. The van der Waals surface area contributed by atoms with E-state index in [9.17, 15) is 37.1 Å². The molecule has 0 bridgehead atoms. The van der Waals surface area contributed by atoms with Crippen LogP contribution in [0.2, 0.25) is 0 Å². The lowest BCUT2D eigenvalue weighted by Gasteiger charge is -2.27. The predicted molar refractivity (Wildman–Crippen MR) is 225 cm³/mol. The van der Waals surface area contributed by atoms with Gasteiger partial charge in [-0.05, 0) is 87.9 Å². The highest BCUT2D eigenvalue weighted by molar-refractivity contribution is 6.25. The molecule has 5 amide bonds. The Hall–Kier alpha value is -6.50. The Labute approximate surface area is 360 Å². The number of benzene rings is 3. The van der Waals surface area contributed by atoms with Crippen LogP contribution in [0.3, 0.4) is 0 Å². The summed E-state index contributed by atoms with van der Waals surface area (Å²) in [6.45, 7) is 4.49. The number of amides is 5. The Morgan fingerprint density at radius 1 is 1.05 bits per heavy atom. The average Bonchev–Trinajstić information content (AvgIpc) is 3.96. The van der Waals surface area contributed by atoms with Crippen LogP contribution in [-0.4, -0.2) is 91.0 Å². The molecule has 0 radical (unpaired) electrons. The number of fused-ring (bicyclic) bond motifs is 2. The molecular weight excluding hydrogens is 826 g/mol. The number of halogens is 3. The molecule has 1 aliphatic carbocycles. The SMILES string of the molecule is CNC(=O)C(CCOCCNc1cccc2c1C(=O)N(C1CCC(=O)NC1=O)C2=O)CC1(COc2cc3c(NC(C)c4cc(N)cc(C(F)(F)F)c4)nc(C)nc3cc2OC)CC1. The summed E-state index contributed by atoms with van der Waals surface area (Å²) < 4.78 is 58.7. The molecule has 16 nitrogen and oxygen atoms in total. The molecule has 3 unspecified atom stereocenters. The van der Waals surface area contributed by atoms with Crippen molar-refractivity contribution in [1.82, 2.24) is 25.5 Å². The summed E-state index contributed by atoms with van der Waals surface area (Å²) in [6, 6.07) is 10.0. The number of hydrogen-bond donors (Lipinski definition) is 5. The van der Waals surface area contributed by atoms with Crippen molar-refractivity contribution in [3.8, 4) is 11.5 Å². The summed E-state index contributed by atoms with van der Waals surface area (Å²) in [5, 5.41) is 11.9. The van der Waals surface area contributed by atoms with E-state index in [1.54, 1.807) is 45.2 Å². The van der Waals surface area contributed by atoms with E-state index in [0.29, 0.717) is 58.1 Å². The fourth-order valence-corrected chi connectivity index (χ4v) is 8.13. The van der Waals surface area contributed by atoms with Gasteiger partial charge in [-0.1, -0.05) is 6.07 Å². The number of nitrogens with zero attached hydrogens (tertiary/aromatic N) is 3. The summed E-state index contributed by atoms with van der Waals surface area (Å²) in [5.41, 5.74) is 6.28. The number of aromatic nitrogens is 2. The maximum absolute atomic E-state index is 13.6.